The molecule has 0 saturated heterocycles. The quantitative estimate of drug-likeness (QED) is 0.0436. The molecule has 0 nitrogen and oxygen atoms in total. The zero-order valence-electron chi connectivity index (χ0n) is 36.9. The van der Waals surface area contributed by atoms with Gasteiger partial charge in [-0.1, -0.05) is 225 Å². The number of rotatable bonds is 26. The van der Waals surface area contributed by atoms with E-state index >= 15 is 0 Å². The second-order valence-electron chi connectivity index (χ2n) is 17.5. The minimum absolute atomic E-state index is 0. The van der Waals surface area contributed by atoms with Gasteiger partial charge >= 0.3 is 0 Å². The minimum Gasteiger partial charge on any atom is -0.0654 e. The van der Waals surface area contributed by atoms with Crippen LogP contribution >= 0.6 is 0 Å². The van der Waals surface area contributed by atoms with Crippen LogP contribution < -0.4 is 0 Å². The van der Waals surface area contributed by atoms with E-state index in [2.05, 4.69) is 125 Å². The molecular weight excluding hydrogens is 792 g/mol. The Bertz CT molecular complexity index is 1730. The van der Waals surface area contributed by atoms with E-state index in [0.717, 1.165) is 9.52 Å². The second-order valence-corrected chi connectivity index (χ2v) is 18.8. The molecule has 2 aliphatic rings. The van der Waals surface area contributed by atoms with Gasteiger partial charge in [-0.05, 0) is 107 Å². The molecular formula is C56H74SiZr. The Labute approximate surface area is 377 Å². The predicted octanol–water partition coefficient (Wildman–Crippen LogP) is 17.4. The molecule has 2 aliphatic carbocycles. The zero-order chi connectivity index (χ0) is 39.7. The molecule has 2 heteroatoms. The molecule has 4 aromatic rings. The van der Waals surface area contributed by atoms with Crippen LogP contribution in [0.25, 0.3) is 34.4 Å². The monoisotopic (exact) mass is 864 g/mol. The summed E-state index contributed by atoms with van der Waals surface area (Å²) in [6.45, 7) is 9.26. The molecule has 6 rings (SSSR count). The van der Waals surface area contributed by atoms with Crippen LogP contribution in [-0.4, -0.2) is 9.52 Å². The number of allylic oxidation sites excluding steroid dienone is 2. The topological polar surface area (TPSA) is 0 Å². The van der Waals surface area contributed by atoms with Crippen molar-refractivity contribution in [3.8, 4) is 22.3 Å². The fourth-order valence-corrected chi connectivity index (χ4v) is 11.4. The molecule has 0 spiro atoms. The summed E-state index contributed by atoms with van der Waals surface area (Å²) in [4.78, 5) is 0. The Morgan fingerprint density at radius 1 is 0.397 bits per heavy atom. The van der Waals surface area contributed by atoms with E-state index in [0.29, 0.717) is 11.8 Å². The molecule has 2 unspecified atom stereocenters. The number of fused-ring (bicyclic) bond motifs is 2. The molecule has 0 amide bonds. The maximum atomic E-state index is 2.64. The fourth-order valence-electron chi connectivity index (χ4n) is 9.64. The normalized spacial score (nSPS) is 15.5. The first-order valence-electron chi connectivity index (χ1n) is 23.7. The molecule has 58 heavy (non-hydrogen) atoms. The van der Waals surface area contributed by atoms with Gasteiger partial charge in [-0.3, -0.25) is 0 Å². The molecule has 4 aromatic carbocycles. The third-order valence-electron chi connectivity index (χ3n) is 13.1. The van der Waals surface area contributed by atoms with Crippen molar-refractivity contribution in [2.45, 2.75) is 180 Å². The summed E-state index contributed by atoms with van der Waals surface area (Å²) in [5.41, 5.74) is 18.2. The molecule has 0 aromatic heterocycles. The Hall–Kier alpha value is -2.54. The number of hydrogen-bond donors (Lipinski definition) is 0. The third-order valence-corrected chi connectivity index (χ3v) is 14.5. The number of aryl methyl sites for hydroxylation is 2. The largest absolute Gasteiger partial charge is 0.0654 e. The van der Waals surface area contributed by atoms with Crippen molar-refractivity contribution in [1.82, 2.24) is 0 Å². The molecule has 0 N–H and O–H groups in total. The van der Waals surface area contributed by atoms with Crippen LogP contribution in [-0.2, 0) is 39.0 Å². The Balaban J connectivity index is 0.00000641. The van der Waals surface area contributed by atoms with E-state index < -0.39 is 0 Å². The number of hydrogen-bond acceptors (Lipinski definition) is 0. The van der Waals surface area contributed by atoms with Crippen molar-refractivity contribution in [2.24, 2.45) is 0 Å². The number of benzene rings is 4. The molecule has 306 valence electrons. The van der Waals surface area contributed by atoms with Crippen LogP contribution in [0, 0.1) is 0 Å². The maximum absolute atomic E-state index is 2.64. The molecule has 0 bridgehead atoms. The predicted molar refractivity (Wildman–Crippen MR) is 254 cm³/mol. The van der Waals surface area contributed by atoms with Crippen molar-refractivity contribution in [3.05, 3.63) is 129 Å². The summed E-state index contributed by atoms with van der Waals surface area (Å²) in [5, 5.41) is 0. The minimum atomic E-state index is 0. The smallest absolute Gasteiger partial charge is 0.0397 e. The Morgan fingerprint density at radius 2 is 0.759 bits per heavy atom. The first-order chi connectivity index (χ1) is 28.1. The second kappa shape index (κ2) is 25.3. The Kier molecular flexibility index (Phi) is 20.3. The van der Waals surface area contributed by atoms with Crippen LogP contribution in [0.15, 0.2) is 96.1 Å². The summed E-state index contributed by atoms with van der Waals surface area (Å²) in [5.74, 6) is 1.12. The summed E-state index contributed by atoms with van der Waals surface area (Å²) in [6.07, 6.45) is 31.4. The van der Waals surface area contributed by atoms with Gasteiger partial charge in [0.05, 0.1) is 0 Å². The van der Waals surface area contributed by atoms with E-state index in [1.165, 1.54) is 185 Å². The van der Waals surface area contributed by atoms with Gasteiger partial charge in [0, 0.05) is 47.6 Å². The average molecular weight is 867 g/mol. The van der Waals surface area contributed by atoms with E-state index in [4.69, 9.17) is 0 Å². The van der Waals surface area contributed by atoms with Crippen LogP contribution in [0.2, 0.25) is 12.1 Å². The van der Waals surface area contributed by atoms with Gasteiger partial charge in [0.25, 0.3) is 0 Å². The Morgan fingerprint density at radius 3 is 1.12 bits per heavy atom. The van der Waals surface area contributed by atoms with Crippen molar-refractivity contribution in [2.75, 3.05) is 0 Å². The van der Waals surface area contributed by atoms with Crippen molar-refractivity contribution >= 4 is 21.7 Å². The molecule has 2 atom stereocenters. The fraction of sp³-hybridized carbons (Fsp3) is 0.500. The maximum Gasteiger partial charge on any atom is 0.0397 e. The van der Waals surface area contributed by atoms with Gasteiger partial charge in [0.2, 0.25) is 0 Å². The van der Waals surface area contributed by atoms with Crippen LogP contribution in [0.4, 0.5) is 0 Å². The third kappa shape index (κ3) is 12.7. The zero-order valence-corrected chi connectivity index (χ0v) is 40.4. The average Bonchev–Trinajstić information content (AvgIpc) is 3.79. The van der Waals surface area contributed by atoms with E-state index in [-0.39, 0.29) is 26.2 Å². The molecule has 0 fully saturated rings. The number of unbranched alkanes of at least 4 members (excludes halogenated alkanes) is 12. The van der Waals surface area contributed by atoms with Crippen molar-refractivity contribution in [3.63, 3.8) is 0 Å². The van der Waals surface area contributed by atoms with E-state index in [9.17, 15) is 0 Å². The van der Waals surface area contributed by atoms with Crippen LogP contribution in [0.5, 0.6) is 0 Å². The van der Waals surface area contributed by atoms with Gasteiger partial charge in [-0.2, -0.15) is 0 Å². The van der Waals surface area contributed by atoms with E-state index in [1.807, 2.05) is 0 Å². The van der Waals surface area contributed by atoms with Gasteiger partial charge in [-0.15, -0.1) is 0 Å². The van der Waals surface area contributed by atoms with Crippen LogP contribution in [0.1, 0.15) is 188 Å². The SMILES string of the molecule is CCCCCCC1=Cc2c(-c3ccc(CCCCCC)cc3)cccc2C1C[Si]CC1C(CCCCCC)=Cc2c(-c3ccc(CCCCCC)cc3)cccc21.[Zr]. The standard InChI is InChI=1S/C56H74Si.Zr/c1-5-9-13-17-23-43-31-35-45(36-32-43)49-27-21-29-51-53(49)39-47(25-19-15-11-7-3)55(51)41-57-42-56-48(26-20-16-12-8-4)40-54-50(28-22-30-52(54)56)46-37-33-44(34-38-46)24-18-14-10-6-2;/h21-22,27-40,55-56H,5-20,23-26,41-42H2,1-4H3;. The first-order valence-corrected chi connectivity index (χ1v) is 25.1. The van der Waals surface area contributed by atoms with Gasteiger partial charge in [0.1, 0.15) is 0 Å². The van der Waals surface area contributed by atoms with Gasteiger partial charge in [0.15, 0.2) is 0 Å². The van der Waals surface area contributed by atoms with Crippen molar-refractivity contribution < 1.29 is 26.2 Å². The molecule has 0 aliphatic heterocycles. The van der Waals surface area contributed by atoms with Crippen molar-refractivity contribution in [1.29, 1.82) is 0 Å². The summed E-state index contributed by atoms with van der Waals surface area (Å²) < 4.78 is 0. The van der Waals surface area contributed by atoms with E-state index in [1.54, 1.807) is 22.3 Å². The van der Waals surface area contributed by atoms with Gasteiger partial charge in [-0.25, -0.2) is 0 Å². The molecule has 2 radical (unpaired) electrons. The summed E-state index contributed by atoms with van der Waals surface area (Å²) >= 11 is 0. The molecule has 0 heterocycles. The van der Waals surface area contributed by atoms with Crippen LogP contribution in [0.3, 0.4) is 0 Å². The summed E-state index contributed by atoms with van der Waals surface area (Å²) in [6, 6.07) is 36.1. The van der Waals surface area contributed by atoms with Gasteiger partial charge < -0.3 is 0 Å². The first kappa shape index (κ1) is 46.5. The summed E-state index contributed by atoms with van der Waals surface area (Å²) in [7, 11) is 0.947. The molecule has 0 saturated carbocycles.